The molecule has 0 saturated heterocycles. The topological polar surface area (TPSA) is 122 Å². The highest BCUT2D eigenvalue weighted by atomic mass is 19.1. The number of benzene rings is 1. The lowest BCUT2D eigenvalue weighted by molar-refractivity contribution is -0.385. The molecule has 0 heterocycles. The molecule has 0 saturated carbocycles. The van der Waals surface area contributed by atoms with Gasteiger partial charge in [0.25, 0.3) is 5.69 Å². The normalized spacial score (nSPS) is 9.90. The molecule has 1 rings (SSSR count). The number of carboxylic acids is 1. The smallest absolute Gasteiger partial charge is 0.342 e. The Kier molecular flexibility index (Phi) is 4.95. The van der Waals surface area contributed by atoms with Gasteiger partial charge in [0.15, 0.2) is 5.82 Å². The first kappa shape index (κ1) is 15.3. The Morgan fingerprint density at radius 3 is 2.60 bits per heavy atom. The van der Waals surface area contributed by atoms with E-state index in [9.17, 15) is 24.1 Å². The summed E-state index contributed by atoms with van der Waals surface area (Å²) < 4.78 is 13.6. The lowest BCUT2D eigenvalue weighted by Gasteiger charge is -2.08. The zero-order valence-electron chi connectivity index (χ0n) is 10.5. The summed E-state index contributed by atoms with van der Waals surface area (Å²) in [6, 6.07) is 1.29. The average molecular weight is 285 g/mol. The summed E-state index contributed by atoms with van der Waals surface area (Å²) in [5.41, 5.74) is -1.80. The van der Waals surface area contributed by atoms with Crippen LogP contribution in [0, 0.1) is 15.9 Å². The Labute approximate surface area is 112 Å². The highest BCUT2D eigenvalue weighted by Gasteiger charge is 2.23. The highest BCUT2D eigenvalue weighted by Crippen LogP contribution is 2.26. The van der Waals surface area contributed by atoms with Gasteiger partial charge >= 0.3 is 5.97 Å². The van der Waals surface area contributed by atoms with Crippen molar-refractivity contribution < 1.29 is 24.0 Å². The van der Waals surface area contributed by atoms with Gasteiger partial charge in [-0.05, 0) is 13.0 Å². The SMILES string of the molecule is CCNC(=O)CNc1cc(C(=O)O)c([N+](=O)[O-])cc1F. The van der Waals surface area contributed by atoms with Crippen molar-refractivity contribution in [2.75, 3.05) is 18.4 Å². The Morgan fingerprint density at radius 2 is 2.10 bits per heavy atom. The molecular formula is C11H12FN3O5. The number of nitro groups is 1. The number of nitrogens with one attached hydrogen (secondary N) is 2. The van der Waals surface area contributed by atoms with Gasteiger partial charge in [0.1, 0.15) is 5.56 Å². The fourth-order valence-corrected chi connectivity index (χ4v) is 1.46. The molecule has 0 unspecified atom stereocenters. The van der Waals surface area contributed by atoms with Crippen LogP contribution in [0.1, 0.15) is 17.3 Å². The van der Waals surface area contributed by atoms with Crippen LogP contribution >= 0.6 is 0 Å². The Bertz CT molecular complexity index is 561. The maximum atomic E-state index is 13.6. The fourth-order valence-electron chi connectivity index (χ4n) is 1.46. The number of halogens is 1. The van der Waals surface area contributed by atoms with Crippen molar-refractivity contribution >= 4 is 23.3 Å². The zero-order valence-corrected chi connectivity index (χ0v) is 10.5. The number of aromatic carboxylic acids is 1. The second kappa shape index (κ2) is 6.45. The summed E-state index contributed by atoms with van der Waals surface area (Å²) in [6.07, 6.45) is 0. The number of carbonyl (C=O) groups excluding carboxylic acids is 1. The van der Waals surface area contributed by atoms with E-state index in [0.29, 0.717) is 12.6 Å². The molecule has 0 aliphatic carbocycles. The molecular weight excluding hydrogens is 273 g/mol. The third kappa shape index (κ3) is 3.64. The average Bonchev–Trinajstić information content (AvgIpc) is 2.36. The van der Waals surface area contributed by atoms with Gasteiger partial charge < -0.3 is 15.7 Å². The standard InChI is InChI=1S/C11H12FN3O5/c1-2-13-10(16)5-14-8-3-6(11(17)18)9(15(19)20)4-7(8)12/h3-4,14H,2,5H2,1H3,(H,13,16)(H,17,18). The van der Waals surface area contributed by atoms with Crippen LogP contribution in [-0.4, -0.2) is 35.0 Å². The molecule has 1 amide bonds. The largest absolute Gasteiger partial charge is 0.477 e. The van der Waals surface area contributed by atoms with Crippen LogP contribution < -0.4 is 10.6 Å². The second-order valence-corrected chi connectivity index (χ2v) is 3.72. The van der Waals surface area contributed by atoms with Crippen LogP contribution in [0.5, 0.6) is 0 Å². The molecule has 108 valence electrons. The van der Waals surface area contributed by atoms with Crippen molar-refractivity contribution in [1.82, 2.24) is 5.32 Å². The molecule has 1 aromatic rings. The summed E-state index contributed by atoms with van der Waals surface area (Å²) in [4.78, 5) is 31.7. The molecule has 3 N–H and O–H groups in total. The molecule has 0 spiro atoms. The van der Waals surface area contributed by atoms with Crippen molar-refractivity contribution in [3.05, 3.63) is 33.6 Å². The number of carboxylic acid groups (broad SMARTS) is 1. The molecule has 0 aliphatic heterocycles. The minimum absolute atomic E-state index is 0.276. The minimum atomic E-state index is -1.56. The van der Waals surface area contributed by atoms with Crippen LogP contribution in [-0.2, 0) is 4.79 Å². The van der Waals surface area contributed by atoms with E-state index in [4.69, 9.17) is 5.11 Å². The van der Waals surface area contributed by atoms with Crippen molar-refractivity contribution in [3.63, 3.8) is 0 Å². The number of nitrogens with zero attached hydrogens (tertiary/aromatic N) is 1. The van der Waals surface area contributed by atoms with E-state index in [2.05, 4.69) is 10.6 Å². The molecule has 0 aliphatic rings. The number of rotatable bonds is 6. The van der Waals surface area contributed by atoms with Gasteiger partial charge in [0.05, 0.1) is 23.2 Å². The first-order valence-corrected chi connectivity index (χ1v) is 5.58. The lowest BCUT2D eigenvalue weighted by atomic mass is 10.1. The first-order valence-electron chi connectivity index (χ1n) is 5.58. The number of anilines is 1. The monoisotopic (exact) mass is 285 g/mol. The van der Waals surface area contributed by atoms with Crippen LogP contribution in [0.15, 0.2) is 12.1 Å². The van der Waals surface area contributed by atoms with Gasteiger partial charge in [-0.1, -0.05) is 0 Å². The van der Waals surface area contributed by atoms with Crippen molar-refractivity contribution in [2.24, 2.45) is 0 Å². The van der Waals surface area contributed by atoms with Gasteiger partial charge in [-0.25, -0.2) is 9.18 Å². The Morgan fingerprint density at radius 1 is 1.45 bits per heavy atom. The number of amides is 1. The van der Waals surface area contributed by atoms with Gasteiger partial charge in [0.2, 0.25) is 5.91 Å². The number of likely N-dealkylation sites (N-methyl/N-ethyl adjacent to an activating group) is 1. The minimum Gasteiger partial charge on any atom is -0.477 e. The maximum Gasteiger partial charge on any atom is 0.342 e. The molecule has 9 heteroatoms. The van der Waals surface area contributed by atoms with Crippen LogP contribution in [0.2, 0.25) is 0 Å². The van der Waals surface area contributed by atoms with E-state index in [-0.39, 0.29) is 12.2 Å². The summed E-state index contributed by atoms with van der Waals surface area (Å²) in [6.45, 7) is 1.82. The number of nitro benzene ring substituents is 1. The second-order valence-electron chi connectivity index (χ2n) is 3.72. The van der Waals surface area contributed by atoms with Crippen LogP contribution in [0.25, 0.3) is 0 Å². The zero-order chi connectivity index (χ0) is 15.3. The first-order chi connectivity index (χ1) is 9.36. The molecule has 0 radical (unpaired) electrons. The lowest BCUT2D eigenvalue weighted by Crippen LogP contribution is -2.29. The molecule has 1 aromatic carbocycles. The summed E-state index contributed by atoms with van der Waals surface area (Å²) in [7, 11) is 0. The third-order valence-electron chi connectivity index (χ3n) is 2.33. The summed E-state index contributed by atoms with van der Waals surface area (Å²) in [5.74, 6) is -2.98. The molecule has 0 fully saturated rings. The van der Waals surface area contributed by atoms with E-state index < -0.39 is 33.9 Å². The Balaban J connectivity index is 3.04. The van der Waals surface area contributed by atoms with Crippen molar-refractivity contribution in [1.29, 1.82) is 0 Å². The number of carbonyl (C=O) groups is 2. The van der Waals surface area contributed by atoms with E-state index in [1.165, 1.54) is 0 Å². The van der Waals surface area contributed by atoms with Gasteiger partial charge in [-0.15, -0.1) is 0 Å². The molecule has 8 nitrogen and oxygen atoms in total. The molecule has 0 aromatic heterocycles. The fraction of sp³-hybridized carbons (Fsp3) is 0.273. The van der Waals surface area contributed by atoms with Crippen LogP contribution in [0.4, 0.5) is 15.8 Å². The Hall–Kier alpha value is -2.71. The highest BCUT2D eigenvalue weighted by molar-refractivity contribution is 5.94. The number of hydrogen-bond acceptors (Lipinski definition) is 5. The summed E-state index contributed by atoms with van der Waals surface area (Å²) in [5, 5.41) is 24.3. The predicted molar refractivity (Wildman–Crippen MR) is 67.2 cm³/mol. The number of hydrogen-bond donors (Lipinski definition) is 3. The maximum absolute atomic E-state index is 13.6. The van der Waals surface area contributed by atoms with Crippen molar-refractivity contribution in [3.8, 4) is 0 Å². The predicted octanol–water partition coefficient (Wildman–Crippen LogP) is 0.980. The van der Waals surface area contributed by atoms with Crippen molar-refractivity contribution in [2.45, 2.75) is 6.92 Å². The van der Waals surface area contributed by atoms with E-state index in [1.807, 2.05) is 0 Å². The van der Waals surface area contributed by atoms with Gasteiger partial charge in [-0.3, -0.25) is 14.9 Å². The van der Waals surface area contributed by atoms with E-state index >= 15 is 0 Å². The van der Waals surface area contributed by atoms with Gasteiger partial charge in [-0.2, -0.15) is 0 Å². The van der Waals surface area contributed by atoms with Gasteiger partial charge in [0, 0.05) is 6.54 Å². The summed E-state index contributed by atoms with van der Waals surface area (Å²) >= 11 is 0. The van der Waals surface area contributed by atoms with E-state index in [0.717, 1.165) is 6.07 Å². The van der Waals surface area contributed by atoms with E-state index in [1.54, 1.807) is 6.92 Å². The molecule has 0 bridgehead atoms. The third-order valence-corrected chi connectivity index (χ3v) is 2.33. The molecule has 0 atom stereocenters. The molecule has 20 heavy (non-hydrogen) atoms. The van der Waals surface area contributed by atoms with Crippen LogP contribution in [0.3, 0.4) is 0 Å². The quantitative estimate of drug-likeness (QED) is 0.529.